The molecule has 5 heteroatoms. The quantitative estimate of drug-likeness (QED) is 0.518. The van der Waals surface area contributed by atoms with Crippen molar-refractivity contribution >= 4 is 43.3 Å². The van der Waals surface area contributed by atoms with E-state index in [1.165, 1.54) is 12.1 Å². The Labute approximate surface area is 91.6 Å². The highest BCUT2D eigenvalue weighted by atomic mass is 79.9. The molecule has 0 radical (unpaired) electrons. The first kappa shape index (κ1) is 10.7. The Morgan fingerprint density at radius 1 is 1.54 bits per heavy atom. The van der Waals surface area contributed by atoms with Crippen molar-refractivity contribution in [1.29, 1.82) is 0 Å². The first-order valence-corrected chi connectivity index (χ1v) is 5.31. The Kier molecular flexibility index (Phi) is 3.44. The number of nitrogens with two attached hydrogens (primary N) is 1. The van der Waals surface area contributed by atoms with Crippen molar-refractivity contribution in [3.63, 3.8) is 0 Å². The molecule has 0 spiro atoms. The number of carbonyl (C=O) groups is 1. The standard InChI is InChI=1S/C8H6Br2FNO/c9-3-8(13)4-1-7(12)6(11)2-5(4)10/h1-2H,3,12H2. The molecule has 0 aliphatic rings. The molecule has 0 heterocycles. The van der Waals surface area contributed by atoms with E-state index in [0.717, 1.165) is 0 Å². The van der Waals surface area contributed by atoms with Crippen LogP contribution in [0.4, 0.5) is 10.1 Å². The van der Waals surface area contributed by atoms with Gasteiger partial charge in [0.25, 0.3) is 0 Å². The zero-order valence-corrected chi connectivity index (χ0v) is 9.65. The minimum atomic E-state index is -0.530. The maximum Gasteiger partial charge on any atom is 0.174 e. The summed E-state index contributed by atoms with van der Waals surface area (Å²) in [4.78, 5) is 11.2. The average molecular weight is 311 g/mol. The van der Waals surface area contributed by atoms with E-state index in [1.807, 2.05) is 0 Å². The predicted molar refractivity (Wildman–Crippen MR) is 56.6 cm³/mol. The molecule has 1 aromatic rings. The van der Waals surface area contributed by atoms with Gasteiger partial charge in [-0.05, 0) is 28.1 Å². The number of halogens is 3. The van der Waals surface area contributed by atoms with Crippen molar-refractivity contribution < 1.29 is 9.18 Å². The second-order valence-electron chi connectivity index (χ2n) is 2.41. The van der Waals surface area contributed by atoms with Gasteiger partial charge in [0.1, 0.15) is 5.82 Å². The molecule has 70 valence electrons. The zero-order chi connectivity index (χ0) is 10.0. The number of anilines is 1. The molecule has 0 atom stereocenters. The van der Waals surface area contributed by atoms with E-state index in [-0.39, 0.29) is 16.8 Å². The number of Topliss-reactive ketones (excluding diaryl/α,β-unsaturated/α-hetero) is 1. The van der Waals surface area contributed by atoms with Crippen LogP contribution in [-0.2, 0) is 0 Å². The molecule has 0 aliphatic heterocycles. The van der Waals surface area contributed by atoms with Crippen LogP contribution in [0, 0.1) is 5.82 Å². The Bertz CT molecular complexity index is 354. The molecule has 0 aromatic heterocycles. The second kappa shape index (κ2) is 4.19. The van der Waals surface area contributed by atoms with Crippen LogP contribution in [0.25, 0.3) is 0 Å². The van der Waals surface area contributed by atoms with Crippen molar-refractivity contribution in [3.8, 4) is 0 Å². The van der Waals surface area contributed by atoms with Crippen LogP contribution in [0.3, 0.4) is 0 Å². The van der Waals surface area contributed by atoms with Crippen LogP contribution >= 0.6 is 31.9 Å². The highest BCUT2D eigenvalue weighted by Gasteiger charge is 2.11. The van der Waals surface area contributed by atoms with E-state index in [4.69, 9.17) is 5.73 Å². The third-order valence-electron chi connectivity index (χ3n) is 1.51. The van der Waals surface area contributed by atoms with Crippen LogP contribution in [0.2, 0.25) is 0 Å². The molecular weight excluding hydrogens is 305 g/mol. The lowest BCUT2D eigenvalue weighted by molar-refractivity contribution is 0.102. The van der Waals surface area contributed by atoms with Gasteiger partial charge in [-0.3, -0.25) is 4.79 Å². The van der Waals surface area contributed by atoms with E-state index < -0.39 is 5.82 Å². The molecule has 0 amide bonds. The first-order valence-electron chi connectivity index (χ1n) is 3.40. The van der Waals surface area contributed by atoms with Gasteiger partial charge in [0, 0.05) is 10.0 Å². The van der Waals surface area contributed by atoms with Gasteiger partial charge in [0.2, 0.25) is 0 Å². The summed E-state index contributed by atoms with van der Waals surface area (Å²) in [6.45, 7) is 0. The molecule has 2 nitrogen and oxygen atoms in total. The SMILES string of the molecule is Nc1cc(C(=O)CBr)c(Br)cc1F. The number of benzene rings is 1. The van der Waals surface area contributed by atoms with Gasteiger partial charge in [-0.25, -0.2) is 4.39 Å². The second-order valence-corrected chi connectivity index (χ2v) is 3.83. The normalized spacial score (nSPS) is 10.1. The summed E-state index contributed by atoms with van der Waals surface area (Å²) in [7, 11) is 0. The molecule has 1 aromatic carbocycles. The number of carbonyl (C=O) groups excluding carboxylic acids is 1. The summed E-state index contributed by atoms with van der Waals surface area (Å²) in [6, 6.07) is 2.51. The van der Waals surface area contributed by atoms with E-state index in [0.29, 0.717) is 10.0 Å². The highest BCUT2D eigenvalue weighted by molar-refractivity contribution is 9.10. The molecule has 2 N–H and O–H groups in total. The largest absolute Gasteiger partial charge is 0.396 e. The fourth-order valence-electron chi connectivity index (χ4n) is 0.851. The fraction of sp³-hybridized carbons (Fsp3) is 0.125. The minimum absolute atomic E-state index is 0.0208. The lowest BCUT2D eigenvalue weighted by Crippen LogP contribution is -2.03. The van der Waals surface area contributed by atoms with Crippen LogP contribution in [-0.4, -0.2) is 11.1 Å². The van der Waals surface area contributed by atoms with Gasteiger partial charge in [0.05, 0.1) is 11.0 Å². The molecule has 1 rings (SSSR count). The smallest absolute Gasteiger partial charge is 0.174 e. The van der Waals surface area contributed by atoms with Crippen LogP contribution in [0.1, 0.15) is 10.4 Å². The topological polar surface area (TPSA) is 43.1 Å². The summed E-state index contributed by atoms with van der Waals surface area (Å²) in [6.07, 6.45) is 0. The van der Waals surface area contributed by atoms with Crippen LogP contribution in [0.5, 0.6) is 0 Å². The van der Waals surface area contributed by atoms with Crippen molar-refractivity contribution in [2.75, 3.05) is 11.1 Å². The Morgan fingerprint density at radius 2 is 2.15 bits per heavy atom. The third kappa shape index (κ3) is 2.28. The van der Waals surface area contributed by atoms with Gasteiger partial charge >= 0.3 is 0 Å². The number of alkyl halides is 1. The van der Waals surface area contributed by atoms with Crippen molar-refractivity contribution in [2.24, 2.45) is 0 Å². The molecule has 13 heavy (non-hydrogen) atoms. The fourth-order valence-corrected chi connectivity index (χ4v) is 1.69. The molecule has 0 aliphatic carbocycles. The van der Waals surface area contributed by atoms with Crippen molar-refractivity contribution in [1.82, 2.24) is 0 Å². The summed E-state index contributed by atoms with van der Waals surface area (Å²) in [5.74, 6) is -0.670. The number of nitrogen functional groups attached to an aromatic ring is 1. The monoisotopic (exact) mass is 309 g/mol. The number of ketones is 1. The number of hydrogen-bond donors (Lipinski definition) is 1. The number of hydrogen-bond acceptors (Lipinski definition) is 2. The van der Waals surface area contributed by atoms with Gasteiger partial charge < -0.3 is 5.73 Å². The third-order valence-corrected chi connectivity index (χ3v) is 2.67. The highest BCUT2D eigenvalue weighted by Crippen LogP contribution is 2.23. The zero-order valence-electron chi connectivity index (χ0n) is 6.48. The molecule has 0 unspecified atom stereocenters. The van der Waals surface area contributed by atoms with E-state index in [1.54, 1.807) is 0 Å². The summed E-state index contributed by atoms with van der Waals surface area (Å²) < 4.78 is 13.3. The van der Waals surface area contributed by atoms with E-state index >= 15 is 0 Å². The Hall–Kier alpha value is -0.420. The van der Waals surface area contributed by atoms with E-state index in [9.17, 15) is 9.18 Å². The summed E-state index contributed by atoms with van der Waals surface area (Å²) in [5, 5.41) is 0.191. The van der Waals surface area contributed by atoms with Crippen LogP contribution < -0.4 is 5.73 Å². The maximum absolute atomic E-state index is 12.8. The Morgan fingerprint density at radius 3 is 2.69 bits per heavy atom. The lowest BCUT2D eigenvalue weighted by Gasteiger charge is -2.03. The molecule has 0 fully saturated rings. The van der Waals surface area contributed by atoms with Gasteiger partial charge in [-0.2, -0.15) is 0 Å². The molecule has 0 saturated heterocycles. The molecular formula is C8H6Br2FNO. The summed E-state index contributed by atoms with van der Waals surface area (Å²) in [5.41, 5.74) is 5.68. The van der Waals surface area contributed by atoms with Crippen molar-refractivity contribution in [3.05, 3.63) is 28.0 Å². The van der Waals surface area contributed by atoms with E-state index in [2.05, 4.69) is 31.9 Å². The maximum atomic E-state index is 12.8. The predicted octanol–water partition coefficient (Wildman–Crippen LogP) is 2.75. The Balaban J connectivity index is 3.23. The summed E-state index contributed by atoms with van der Waals surface area (Å²) >= 11 is 6.11. The number of rotatable bonds is 2. The lowest BCUT2D eigenvalue weighted by atomic mass is 10.1. The van der Waals surface area contributed by atoms with Crippen LogP contribution in [0.15, 0.2) is 16.6 Å². The van der Waals surface area contributed by atoms with Crippen molar-refractivity contribution in [2.45, 2.75) is 0 Å². The average Bonchev–Trinajstić information content (AvgIpc) is 2.10. The van der Waals surface area contributed by atoms with Gasteiger partial charge in [0.15, 0.2) is 5.78 Å². The molecule has 0 bridgehead atoms. The first-order chi connectivity index (χ1) is 6.06. The molecule has 0 saturated carbocycles. The van der Waals surface area contributed by atoms with Gasteiger partial charge in [-0.15, -0.1) is 0 Å². The van der Waals surface area contributed by atoms with Gasteiger partial charge in [-0.1, -0.05) is 15.9 Å². The minimum Gasteiger partial charge on any atom is -0.396 e.